The normalized spacial score (nSPS) is 15.2. The Balaban J connectivity index is 0.874. The molecular weight excluding hydrogens is 801 g/mol. The third-order valence-corrected chi connectivity index (χ3v) is 16.1. The van der Waals surface area contributed by atoms with E-state index in [1.54, 1.807) is 0 Å². The minimum atomic E-state index is 0.113. The monoisotopic (exact) mass is 856 g/mol. The summed E-state index contributed by atoms with van der Waals surface area (Å²) >= 11 is 5.14. The van der Waals surface area contributed by atoms with Crippen molar-refractivity contribution >= 4 is 78.0 Å². The quantitative estimate of drug-likeness (QED) is 0.0637. The van der Waals surface area contributed by atoms with Crippen LogP contribution in [0.2, 0.25) is 0 Å². The van der Waals surface area contributed by atoms with Gasteiger partial charge >= 0.3 is 0 Å². The highest BCUT2D eigenvalue weighted by Gasteiger charge is 2.31. The third-order valence-electron chi connectivity index (χ3n) is 13.1. The Bertz CT molecular complexity index is 2750. The number of thiophene rings is 2. The minimum absolute atomic E-state index is 0.113. The van der Waals surface area contributed by atoms with Crippen LogP contribution in [0.15, 0.2) is 121 Å². The predicted octanol–water partition coefficient (Wildman–Crippen LogP) is 16.8. The Kier molecular flexibility index (Phi) is 12.1. The van der Waals surface area contributed by atoms with Gasteiger partial charge in [0, 0.05) is 76.2 Å². The molecule has 10 rings (SSSR count). The van der Waals surface area contributed by atoms with Gasteiger partial charge in [0.05, 0.1) is 35.0 Å². The predicted molar refractivity (Wildman–Crippen MR) is 265 cm³/mol. The standard InChI is InChI=1S/C54H56N4S3/c1-3-5-7-9-11-17-33-57-45-21-15-13-19-39(45)43-35-37(23-27-47(43)57)49-29-31-51(59-49)41-25-26-42(54-53(41)55-61-56-54)52-32-30-50(60-52)38-24-28-48-44(36-38)40-20-14-16-22-46(40)58(48)34-18-12-10-8-6-4-2/h13-16,19-32,35-36,41-42H,3-12,17-18,33-34H2,1-2H3. The van der Waals surface area contributed by atoms with Crippen molar-refractivity contribution in [2.45, 2.75) is 116 Å². The van der Waals surface area contributed by atoms with E-state index in [-0.39, 0.29) is 11.8 Å². The maximum atomic E-state index is 4.95. The maximum absolute atomic E-state index is 4.95. The van der Waals surface area contributed by atoms with Crippen LogP contribution in [-0.4, -0.2) is 17.9 Å². The highest BCUT2D eigenvalue weighted by atomic mass is 32.1. The van der Waals surface area contributed by atoms with Crippen molar-refractivity contribution in [2.75, 3.05) is 0 Å². The number of aromatic nitrogens is 4. The number of hydrogen-bond donors (Lipinski definition) is 0. The van der Waals surface area contributed by atoms with Gasteiger partial charge in [-0.05, 0) is 84.6 Å². The summed E-state index contributed by atoms with van der Waals surface area (Å²) in [6.45, 7) is 6.73. The molecule has 0 saturated carbocycles. The largest absolute Gasteiger partial charge is 0.340 e. The molecule has 4 aromatic carbocycles. The summed E-state index contributed by atoms with van der Waals surface area (Å²) in [5.74, 6) is 0.226. The molecule has 0 bridgehead atoms. The van der Waals surface area contributed by atoms with Crippen LogP contribution in [-0.2, 0) is 13.1 Å². The van der Waals surface area contributed by atoms with Crippen molar-refractivity contribution in [2.24, 2.45) is 0 Å². The lowest BCUT2D eigenvalue weighted by molar-refractivity contribution is 0.571. The van der Waals surface area contributed by atoms with Crippen LogP contribution in [0.4, 0.5) is 0 Å². The second-order valence-corrected chi connectivity index (χ2v) is 19.9. The number of benzene rings is 4. The molecule has 2 atom stereocenters. The van der Waals surface area contributed by atoms with Gasteiger partial charge in [-0.1, -0.05) is 139 Å². The van der Waals surface area contributed by atoms with Crippen molar-refractivity contribution in [1.82, 2.24) is 17.9 Å². The smallest absolute Gasteiger partial charge is 0.0905 e. The number of hydrogen-bond acceptors (Lipinski definition) is 5. The zero-order valence-corrected chi connectivity index (χ0v) is 38.1. The van der Waals surface area contributed by atoms with Gasteiger partial charge in [-0.25, -0.2) is 0 Å². The van der Waals surface area contributed by atoms with E-state index in [9.17, 15) is 0 Å². The van der Waals surface area contributed by atoms with E-state index < -0.39 is 0 Å². The van der Waals surface area contributed by atoms with Crippen molar-refractivity contribution in [1.29, 1.82) is 0 Å². The summed E-state index contributed by atoms with van der Waals surface area (Å²) in [4.78, 5) is 5.24. The molecule has 4 nitrogen and oxygen atoms in total. The molecule has 9 aromatic rings. The van der Waals surface area contributed by atoms with E-state index in [0.29, 0.717) is 0 Å². The number of para-hydroxylation sites is 2. The zero-order chi connectivity index (χ0) is 41.1. The molecule has 5 aromatic heterocycles. The summed E-state index contributed by atoms with van der Waals surface area (Å²) in [5, 5.41) is 5.41. The Morgan fingerprint density at radius 3 is 1.34 bits per heavy atom. The Labute approximate surface area is 372 Å². The van der Waals surface area contributed by atoms with Gasteiger partial charge in [0.1, 0.15) is 0 Å². The van der Waals surface area contributed by atoms with Crippen molar-refractivity contribution in [3.05, 3.63) is 142 Å². The number of rotatable bonds is 18. The zero-order valence-electron chi connectivity index (χ0n) is 35.6. The van der Waals surface area contributed by atoms with E-state index in [1.807, 2.05) is 22.7 Å². The molecule has 5 heterocycles. The highest BCUT2D eigenvalue weighted by molar-refractivity contribution is 7.16. The number of aryl methyl sites for hydroxylation is 2. The Hall–Kier alpha value is -4.82. The van der Waals surface area contributed by atoms with Gasteiger partial charge < -0.3 is 9.13 Å². The number of fused-ring (bicyclic) bond motifs is 7. The first-order chi connectivity index (χ1) is 30.2. The lowest BCUT2D eigenvalue weighted by Gasteiger charge is -2.20. The fourth-order valence-corrected chi connectivity index (χ4v) is 12.7. The molecule has 1 aliphatic rings. The van der Waals surface area contributed by atoms with E-state index in [0.717, 1.165) is 24.5 Å². The summed E-state index contributed by atoms with van der Waals surface area (Å²) in [5.41, 5.74) is 10.2. The molecular formula is C54H56N4S3. The average molecular weight is 857 g/mol. The summed E-state index contributed by atoms with van der Waals surface area (Å²) in [6.07, 6.45) is 20.5. The Morgan fingerprint density at radius 2 is 0.869 bits per heavy atom. The second-order valence-electron chi connectivity index (χ2n) is 17.1. The summed E-state index contributed by atoms with van der Waals surface area (Å²) < 4.78 is 15.0. The molecule has 0 saturated heterocycles. The third kappa shape index (κ3) is 7.94. The van der Waals surface area contributed by atoms with E-state index >= 15 is 0 Å². The van der Waals surface area contributed by atoms with Gasteiger partial charge in [-0.2, -0.15) is 8.75 Å². The molecule has 2 unspecified atom stereocenters. The molecule has 0 spiro atoms. The van der Waals surface area contributed by atoms with Crippen molar-refractivity contribution in [3.8, 4) is 20.9 Å². The molecule has 0 radical (unpaired) electrons. The summed E-state index contributed by atoms with van der Waals surface area (Å²) in [6, 6.07) is 41.4. The lowest BCUT2D eigenvalue weighted by Crippen LogP contribution is -2.10. The summed E-state index contributed by atoms with van der Waals surface area (Å²) in [7, 11) is 0. The Morgan fingerprint density at radius 1 is 0.443 bits per heavy atom. The lowest BCUT2D eigenvalue weighted by atomic mass is 9.87. The van der Waals surface area contributed by atoms with E-state index in [1.165, 1.54) is 163 Å². The first-order valence-electron chi connectivity index (χ1n) is 22.9. The topological polar surface area (TPSA) is 35.6 Å². The van der Waals surface area contributed by atoms with Crippen LogP contribution in [0, 0.1) is 0 Å². The fourth-order valence-electron chi connectivity index (χ4n) is 9.84. The number of unbranched alkanes of at least 4 members (excludes halogenated alkanes) is 10. The van der Waals surface area contributed by atoms with Crippen LogP contribution in [0.3, 0.4) is 0 Å². The van der Waals surface area contributed by atoms with Gasteiger partial charge in [0.2, 0.25) is 0 Å². The maximum Gasteiger partial charge on any atom is 0.0905 e. The molecule has 0 N–H and O–H groups in total. The molecule has 0 amide bonds. The number of allylic oxidation sites excluding steroid dienone is 2. The number of nitrogens with zero attached hydrogens (tertiary/aromatic N) is 4. The van der Waals surface area contributed by atoms with E-state index in [4.69, 9.17) is 8.75 Å². The van der Waals surface area contributed by atoms with Gasteiger partial charge in [0.25, 0.3) is 0 Å². The van der Waals surface area contributed by atoms with Gasteiger partial charge in [-0.15, -0.1) is 22.7 Å². The molecule has 0 fully saturated rings. The van der Waals surface area contributed by atoms with Crippen molar-refractivity contribution < 1.29 is 0 Å². The van der Waals surface area contributed by atoms with E-state index in [2.05, 4.69) is 144 Å². The minimum Gasteiger partial charge on any atom is -0.340 e. The molecule has 7 heteroatoms. The van der Waals surface area contributed by atoms with Gasteiger partial charge in [0.15, 0.2) is 0 Å². The average Bonchev–Trinajstić information content (AvgIpc) is 4.16. The van der Waals surface area contributed by atoms with Crippen molar-refractivity contribution in [3.63, 3.8) is 0 Å². The molecule has 310 valence electrons. The SMILES string of the molecule is CCCCCCCCn1c2ccccc2c2cc(-c3ccc(C4C=CC(c5ccc(-c6ccc7c(c6)c6ccccc6n7CCCCCCCC)s5)c5nsnc54)s3)ccc21. The van der Waals surface area contributed by atoms with Crippen LogP contribution >= 0.6 is 34.4 Å². The molecule has 61 heavy (non-hydrogen) atoms. The molecule has 0 aliphatic heterocycles. The fraction of sp³-hybridized carbons (Fsp3) is 0.333. The first kappa shape index (κ1) is 40.3. The van der Waals surface area contributed by atoms with Crippen LogP contribution in [0.5, 0.6) is 0 Å². The van der Waals surface area contributed by atoms with Crippen LogP contribution in [0.1, 0.15) is 124 Å². The van der Waals surface area contributed by atoms with Crippen LogP contribution < -0.4 is 0 Å². The highest BCUT2D eigenvalue weighted by Crippen LogP contribution is 2.46. The van der Waals surface area contributed by atoms with Gasteiger partial charge in [-0.3, -0.25) is 0 Å². The first-order valence-corrected chi connectivity index (χ1v) is 25.3. The second kappa shape index (κ2) is 18.3. The van der Waals surface area contributed by atoms with Crippen LogP contribution in [0.25, 0.3) is 64.5 Å². The molecule has 1 aliphatic carbocycles.